The van der Waals surface area contributed by atoms with Crippen molar-refractivity contribution in [3.8, 4) is 0 Å². The van der Waals surface area contributed by atoms with Crippen molar-refractivity contribution >= 4 is 31.9 Å². The molecule has 0 aliphatic carbocycles. The Kier molecular flexibility index (Phi) is 2.93. The molecule has 3 N–H and O–H groups in total. The monoisotopic (exact) mass is 279 g/mol. The SMILES string of the molecule is NS(=O)(=O)c1cc(C(=O)O)ccc1Br. The Morgan fingerprint density at radius 3 is 2.43 bits per heavy atom. The van der Waals surface area contributed by atoms with Gasteiger partial charge in [0.15, 0.2) is 0 Å². The van der Waals surface area contributed by atoms with Gasteiger partial charge in [-0.3, -0.25) is 0 Å². The second-order valence-corrected chi connectivity index (χ2v) is 4.88. The molecule has 0 unspecified atom stereocenters. The summed E-state index contributed by atoms with van der Waals surface area (Å²) in [6, 6.07) is 3.60. The van der Waals surface area contributed by atoms with Gasteiger partial charge in [0, 0.05) is 4.47 Å². The van der Waals surface area contributed by atoms with Crippen molar-refractivity contribution in [2.45, 2.75) is 4.90 Å². The van der Waals surface area contributed by atoms with E-state index in [2.05, 4.69) is 15.9 Å². The van der Waals surface area contributed by atoms with E-state index >= 15 is 0 Å². The molecule has 0 amide bonds. The Balaban J connectivity index is 3.44. The Morgan fingerprint density at radius 2 is 2.00 bits per heavy atom. The Bertz CT molecular complexity index is 482. The molecule has 1 aromatic rings. The van der Waals surface area contributed by atoms with Gasteiger partial charge in [0.1, 0.15) is 0 Å². The topological polar surface area (TPSA) is 97.5 Å². The molecule has 0 aromatic heterocycles. The molecular formula is C7H6BrNO4S. The fraction of sp³-hybridized carbons (Fsp3) is 0. The first-order chi connectivity index (χ1) is 6.32. The van der Waals surface area contributed by atoms with Gasteiger partial charge in [-0.05, 0) is 34.1 Å². The number of hydrogen-bond acceptors (Lipinski definition) is 3. The first-order valence-corrected chi connectivity index (χ1v) is 5.72. The van der Waals surface area contributed by atoms with Gasteiger partial charge >= 0.3 is 5.97 Å². The highest BCUT2D eigenvalue weighted by molar-refractivity contribution is 9.10. The number of nitrogens with two attached hydrogens (primary N) is 1. The van der Waals surface area contributed by atoms with Gasteiger partial charge in [-0.2, -0.15) is 0 Å². The second kappa shape index (κ2) is 3.68. The molecule has 1 aromatic carbocycles. The Hall–Kier alpha value is -0.920. The highest BCUT2D eigenvalue weighted by Gasteiger charge is 2.15. The zero-order chi connectivity index (χ0) is 10.9. The molecule has 5 nitrogen and oxygen atoms in total. The number of sulfonamides is 1. The third-order valence-corrected chi connectivity index (χ3v) is 3.39. The van der Waals surface area contributed by atoms with E-state index in [-0.39, 0.29) is 14.9 Å². The zero-order valence-electron chi connectivity index (χ0n) is 6.77. The number of primary sulfonamides is 1. The summed E-state index contributed by atoms with van der Waals surface area (Å²) in [6.45, 7) is 0. The number of carboxylic acids is 1. The van der Waals surface area contributed by atoms with Gasteiger partial charge < -0.3 is 5.11 Å². The summed E-state index contributed by atoms with van der Waals surface area (Å²) < 4.78 is 22.2. The highest BCUT2D eigenvalue weighted by Crippen LogP contribution is 2.21. The van der Waals surface area contributed by atoms with E-state index in [4.69, 9.17) is 10.2 Å². The van der Waals surface area contributed by atoms with Crippen molar-refractivity contribution < 1.29 is 18.3 Å². The third kappa shape index (κ3) is 2.31. The summed E-state index contributed by atoms with van der Waals surface area (Å²) >= 11 is 2.96. The standard InChI is InChI=1S/C7H6BrNO4S/c8-5-2-1-4(7(10)11)3-6(5)14(9,12)13/h1-3H,(H,10,11)(H2,9,12,13). The molecule has 0 spiro atoms. The second-order valence-electron chi connectivity index (χ2n) is 2.50. The van der Waals surface area contributed by atoms with Gasteiger partial charge in [0.05, 0.1) is 10.5 Å². The molecule has 0 saturated carbocycles. The first kappa shape index (κ1) is 11.2. The number of carbonyl (C=O) groups is 1. The maximum Gasteiger partial charge on any atom is 0.335 e. The minimum atomic E-state index is -3.90. The summed E-state index contributed by atoms with van der Waals surface area (Å²) in [7, 11) is -3.90. The lowest BCUT2D eigenvalue weighted by atomic mass is 10.2. The lowest BCUT2D eigenvalue weighted by molar-refractivity contribution is 0.0696. The fourth-order valence-corrected chi connectivity index (χ4v) is 2.41. The van der Waals surface area contributed by atoms with E-state index < -0.39 is 16.0 Å². The normalized spacial score (nSPS) is 11.3. The third-order valence-electron chi connectivity index (χ3n) is 1.48. The van der Waals surface area contributed by atoms with Crippen LogP contribution in [0.25, 0.3) is 0 Å². The Labute approximate surface area is 88.7 Å². The van der Waals surface area contributed by atoms with Crippen LogP contribution >= 0.6 is 15.9 Å². The number of aromatic carboxylic acids is 1. The van der Waals surface area contributed by atoms with Crippen molar-refractivity contribution in [3.63, 3.8) is 0 Å². The van der Waals surface area contributed by atoms with E-state index in [0.717, 1.165) is 6.07 Å². The predicted molar refractivity (Wildman–Crippen MR) is 52.5 cm³/mol. The van der Waals surface area contributed by atoms with Crippen molar-refractivity contribution in [3.05, 3.63) is 28.2 Å². The van der Waals surface area contributed by atoms with E-state index in [1.165, 1.54) is 12.1 Å². The van der Waals surface area contributed by atoms with Crippen LogP contribution in [0, 0.1) is 0 Å². The van der Waals surface area contributed by atoms with Gasteiger partial charge in [0.25, 0.3) is 0 Å². The zero-order valence-corrected chi connectivity index (χ0v) is 9.17. The van der Waals surface area contributed by atoms with Crippen molar-refractivity contribution in [1.82, 2.24) is 0 Å². The molecule has 1 rings (SSSR count). The smallest absolute Gasteiger partial charge is 0.335 e. The number of carboxylic acid groups (broad SMARTS) is 1. The average Bonchev–Trinajstić information content (AvgIpc) is 2.02. The minimum Gasteiger partial charge on any atom is -0.478 e. The molecule has 0 heterocycles. The summed E-state index contributed by atoms with van der Waals surface area (Å²) in [5, 5.41) is 13.5. The number of rotatable bonds is 2. The largest absolute Gasteiger partial charge is 0.478 e. The summed E-state index contributed by atoms with van der Waals surface area (Å²) in [6.07, 6.45) is 0. The molecule has 0 bridgehead atoms. The minimum absolute atomic E-state index is 0.128. The molecule has 0 aliphatic rings. The van der Waals surface area contributed by atoms with Gasteiger partial charge in [-0.15, -0.1) is 0 Å². The van der Waals surface area contributed by atoms with E-state index in [9.17, 15) is 13.2 Å². The molecule has 0 saturated heterocycles. The number of benzene rings is 1. The van der Waals surface area contributed by atoms with E-state index in [1.807, 2.05) is 0 Å². The van der Waals surface area contributed by atoms with Crippen LogP contribution in [0.15, 0.2) is 27.6 Å². The maximum absolute atomic E-state index is 11.0. The fourth-order valence-electron chi connectivity index (χ4n) is 0.854. The van der Waals surface area contributed by atoms with Crippen LogP contribution in [0.4, 0.5) is 0 Å². The quantitative estimate of drug-likeness (QED) is 0.837. The van der Waals surface area contributed by atoms with Crippen LogP contribution < -0.4 is 5.14 Å². The molecule has 0 fully saturated rings. The van der Waals surface area contributed by atoms with Gasteiger partial charge in [0.2, 0.25) is 10.0 Å². The number of halogens is 1. The molecule has 0 radical (unpaired) electrons. The molecule has 0 atom stereocenters. The Morgan fingerprint density at radius 1 is 1.43 bits per heavy atom. The molecule has 14 heavy (non-hydrogen) atoms. The van der Waals surface area contributed by atoms with Gasteiger partial charge in [-0.1, -0.05) is 0 Å². The summed E-state index contributed by atoms with van der Waals surface area (Å²) in [5.74, 6) is -1.21. The molecule has 76 valence electrons. The average molecular weight is 280 g/mol. The van der Waals surface area contributed by atoms with Crippen LogP contribution in [0.1, 0.15) is 10.4 Å². The summed E-state index contributed by atoms with van der Waals surface area (Å²) in [4.78, 5) is 10.3. The molecular weight excluding hydrogens is 274 g/mol. The van der Waals surface area contributed by atoms with Crippen LogP contribution in [0.2, 0.25) is 0 Å². The van der Waals surface area contributed by atoms with Crippen molar-refractivity contribution in [1.29, 1.82) is 0 Å². The number of hydrogen-bond donors (Lipinski definition) is 2. The van der Waals surface area contributed by atoms with Crippen LogP contribution in [0.5, 0.6) is 0 Å². The maximum atomic E-state index is 11.0. The first-order valence-electron chi connectivity index (χ1n) is 3.38. The van der Waals surface area contributed by atoms with Crippen LogP contribution in [0.3, 0.4) is 0 Å². The lowest BCUT2D eigenvalue weighted by Gasteiger charge is -2.02. The predicted octanol–water partition coefficient (Wildman–Crippen LogP) is 0.795. The van der Waals surface area contributed by atoms with E-state index in [0.29, 0.717) is 0 Å². The molecule has 0 aliphatic heterocycles. The van der Waals surface area contributed by atoms with Crippen molar-refractivity contribution in [2.75, 3.05) is 0 Å². The molecule has 7 heteroatoms. The van der Waals surface area contributed by atoms with E-state index in [1.54, 1.807) is 0 Å². The van der Waals surface area contributed by atoms with Gasteiger partial charge in [-0.25, -0.2) is 18.4 Å². The highest BCUT2D eigenvalue weighted by atomic mass is 79.9. The lowest BCUT2D eigenvalue weighted by Crippen LogP contribution is -2.13. The van der Waals surface area contributed by atoms with Crippen molar-refractivity contribution in [2.24, 2.45) is 5.14 Å². The van der Waals surface area contributed by atoms with Crippen LogP contribution in [-0.2, 0) is 10.0 Å². The van der Waals surface area contributed by atoms with Crippen LogP contribution in [-0.4, -0.2) is 19.5 Å². The summed E-state index contributed by atoms with van der Waals surface area (Å²) in [5.41, 5.74) is -0.128.